The van der Waals surface area contributed by atoms with E-state index in [1.54, 1.807) is 19.1 Å². The monoisotopic (exact) mass is 348 g/mol. The van der Waals surface area contributed by atoms with Gasteiger partial charge in [0.05, 0.1) is 4.34 Å². The summed E-state index contributed by atoms with van der Waals surface area (Å²) in [6.07, 6.45) is -0.643. The number of benzene rings is 1. The van der Waals surface area contributed by atoms with Crippen LogP contribution in [0.5, 0.6) is 0 Å². The third-order valence-corrected chi connectivity index (χ3v) is 4.36. The first-order valence-electron chi connectivity index (χ1n) is 6.89. The molecule has 118 valence electrons. The summed E-state index contributed by atoms with van der Waals surface area (Å²) >= 11 is 6.97. The van der Waals surface area contributed by atoms with E-state index in [1.807, 2.05) is 31.2 Å². The Balaban J connectivity index is 1.72. The van der Waals surface area contributed by atoms with Crippen molar-refractivity contribution in [2.45, 2.75) is 20.0 Å². The molecule has 0 radical (unpaired) electrons. The first-order chi connectivity index (χ1) is 11.0. The third-order valence-electron chi connectivity index (χ3n) is 3.15. The summed E-state index contributed by atoms with van der Waals surface area (Å²) in [5, 5.41) is 7.95. The minimum Gasteiger partial charge on any atom is -0.448 e. The lowest BCUT2D eigenvalue weighted by atomic mass is 10.1. The van der Waals surface area contributed by atoms with Gasteiger partial charge in [0.2, 0.25) is 5.89 Å². The Kier molecular flexibility index (Phi) is 4.45. The SMILES string of the molecule is Cc1ccc(-c2nnc([C@@H](C)OC(=O)c3ccc(Cl)s3)o2)cc1. The maximum atomic E-state index is 12.0. The van der Waals surface area contributed by atoms with Crippen molar-refractivity contribution < 1.29 is 13.9 Å². The van der Waals surface area contributed by atoms with Crippen molar-refractivity contribution in [3.8, 4) is 11.5 Å². The van der Waals surface area contributed by atoms with Crippen molar-refractivity contribution in [2.75, 3.05) is 0 Å². The molecule has 0 bridgehead atoms. The van der Waals surface area contributed by atoms with E-state index in [-0.39, 0.29) is 5.89 Å². The second-order valence-corrected chi connectivity index (χ2v) is 6.68. The second kappa shape index (κ2) is 6.52. The Morgan fingerprint density at radius 2 is 1.96 bits per heavy atom. The number of ether oxygens (including phenoxy) is 1. The molecule has 23 heavy (non-hydrogen) atoms. The van der Waals surface area contributed by atoms with Crippen LogP contribution in [-0.4, -0.2) is 16.2 Å². The normalized spacial score (nSPS) is 12.1. The maximum absolute atomic E-state index is 12.0. The van der Waals surface area contributed by atoms with Crippen LogP contribution in [0.4, 0.5) is 0 Å². The van der Waals surface area contributed by atoms with E-state index in [1.165, 1.54) is 0 Å². The molecule has 1 aromatic carbocycles. The second-order valence-electron chi connectivity index (χ2n) is 4.96. The van der Waals surface area contributed by atoms with Gasteiger partial charge >= 0.3 is 5.97 Å². The fourth-order valence-corrected chi connectivity index (χ4v) is 2.83. The van der Waals surface area contributed by atoms with E-state index in [0.717, 1.165) is 22.5 Å². The van der Waals surface area contributed by atoms with Crippen LogP contribution in [0.1, 0.15) is 34.2 Å². The van der Waals surface area contributed by atoms with Gasteiger partial charge in [-0.15, -0.1) is 21.5 Å². The molecular formula is C16H13ClN2O3S. The Labute approximate surface area is 141 Å². The zero-order chi connectivity index (χ0) is 16.4. The number of carbonyl (C=O) groups is 1. The molecule has 0 fully saturated rings. The quantitative estimate of drug-likeness (QED) is 0.640. The number of halogens is 1. The van der Waals surface area contributed by atoms with E-state index >= 15 is 0 Å². The predicted octanol–water partition coefficient (Wildman–Crippen LogP) is 4.68. The standard InChI is InChI=1S/C16H13ClN2O3S/c1-9-3-5-11(6-4-9)15-19-18-14(22-15)10(2)21-16(20)12-7-8-13(17)23-12/h3-8,10H,1-2H3/t10-/m1/s1. The predicted molar refractivity (Wildman–Crippen MR) is 87.6 cm³/mol. The maximum Gasteiger partial charge on any atom is 0.349 e. The summed E-state index contributed by atoms with van der Waals surface area (Å²) in [7, 11) is 0. The number of nitrogens with zero attached hydrogens (tertiary/aromatic N) is 2. The van der Waals surface area contributed by atoms with Gasteiger partial charge in [-0.2, -0.15) is 0 Å². The van der Waals surface area contributed by atoms with E-state index in [9.17, 15) is 4.79 Å². The molecule has 0 aliphatic heterocycles. The lowest BCUT2D eigenvalue weighted by molar-refractivity contribution is 0.0285. The molecule has 0 saturated carbocycles. The van der Waals surface area contributed by atoms with Crippen molar-refractivity contribution in [3.05, 3.63) is 57.1 Å². The Bertz CT molecular complexity index is 826. The summed E-state index contributed by atoms with van der Waals surface area (Å²) in [5.74, 6) is 0.170. The zero-order valence-corrected chi connectivity index (χ0v) is 14.0. The summed E-state index contributed by atoms with van der Waals surface area (Å²) in [5.41, 5.74) is 1.96. The van der Waals surface area contributed by atoms with Crippen LogP contribution in [-0.2, 0) is 4.74 Å². The van der Waals surface area contributed by atoms with Gasteiger partial charge in [-0.25, -0.2) is 4.79 Å². The average molecular weight is 349 g/mol. The lowest BCUT2D eigenvalue weighted by Gasteiger charge is -2.07. The highest BCUT2D eigenvalue weighted by Crippen LogP contribution is 2.26. The first-order valence-corrected chi connectivity index (χ1v) is 8.09. The van der Waals surface area contributed by atoms with Crippen molar-refractivity contribution >= 4 is 28.9 Å². The van der Waals surface area contributed by atoms with E-state index in [2.05, 4.69) is 10.2 Å². The number of carbonyl (C=O) groups excluding carboxylic acids is 1. The molecule has 5 nitrogen and oxygen atoms in total. The highest BCUT2D eigenvalue weighted by Gasteiger charge is 2.20. The van der Waals surface area contributed by atoms with Crippen LogP contribution in [0.15, 0.2) is 40.8 Å². The van der Waals surface area contributed by atoms with Gasteiger partial charge < -0.3 is 9.15 Å². The van der Waals surface area contributed by atoms with Crippen molar-refractivity contribution in [1.29, 1.82) is 0 Å². The van der Waals surface area contributed by atoms with Crippen LogP contribution in [0, 0.1) is 6.92 Å². The summed E-state index contributed by atoms with van der Waals surface area (Å²) in [6.45, 7) is 3.68. The Morgan fingerprint density at radius 3 is 2.61 bits per heavy atom. The molecule has 1 atom stereocenters. The molecule has 0 N–H and O–H groups in total. The van der Waals surface area contributed by atoms with Gasteiger partial charge in [-0.3, -0.25) is 0 Å². The fraction of sp³-hybridized carbons (Fsp3) is 0.188. The van der Waals surface area contributed by atoms with Crippen LogP contribution >= 0.6 is 22.9 Å². The number of hydrogen-bond donors (Lipinski definition) is 0. The highest BCUT2D eigenvalue weighted by atomic mass is 35.5. The molecule has 2 aromatic heterocycles. The lowest BCUT2D eigenvalue weighted by Crippen LogP contribution is -2.08. The molecule has 0 amide bonds. The highest BCUT2D eigenvalue weighted by molar-refractivity contribution is 7.17. The van der Waals surface area contributed by atoms with Crippen LogP contribution < -0.4 is 0 Å². The third kappa shape index (κ3) is 3.60. The molecule has 2 heterocycles. The minimum absolute atomic E-state index is 0.247. The van der Waals surface area contributed by atoms with Crippen molar-refractivity contribution in [2.24, 2.45) is 0 Å². The molecule has 3 rings (SSSR count). The minimum atomic E-state index is -0.643. The molecule has 0 spiro atoms. The smallest absolute Gasteiger partial charge is 0.349 e. The molecule has 3 aromatic rings. The van der Waals surface area contributed by atoms with Gasteiger partial charge in [0, 0.05) is 5.56 Å². The Hall–Kier alpha value is -2.18. The Morgan fingerprint density at radius 1 is 1.22 bits per heavy atom. The molecular weight excluding hydrogens is 336 g/mol. The van der Waals surface area contributed by atoms with Crippen LogP contribution in [0.25, 0.3) is 11.5 Å². The number of rotatable bonds is 4. The number of esters is 1. The average Bonchev–Trinajstić information content (AvgIpc) is 3.17. The topological polar surface area (TPSA) is 65.2 Å². The molecule has 7 heteroatoms. The number of aryl methyl sites for hydroxylation is 1. The van der Waals surface area contributed by atoms with Gasteiger partial charge in [0.1, 0.15) is 4.88 Å². The van der Waals surface area contributed by atoms with E-state index in [4.69, 9.17) is 20.8 Å². The fourth-order valence-electron chi connectivity index (χ4n) is 1.90. The summed E-state index contributed by atoms with van der Waals surface area (Å²) in [6, 6.07) is 11.0. The van der Waals surface area contributed by atoms with Crippen LogP contribution in [0.2, 0.25) is 4.34 Å². The largest absolute Gasteiger partial charge is 0.448 e. The molecule has 0 aliphatic carbocycles. The van der Waals surface area contributed by atoms with Gasteiger partial charge in [0.15, 0.2) is 6.10 Å². The molecule has 0 aliphatic rings. The summed E-state index contributed by atoms with van der Waals surface area (Å²) in [4.78, 5) is 12.4. The van der Waals surface area contributed by atoms with Crippen molar-refractivity contribution in [1.82, 2.24) is 10.2 Å². The molecule has 0 unspecified atom stereocenters. The number of aromatic nitrogens is 2. The van der Waals surface area contributed by atoms with Gasteiger partial charge in [-0.05, 0) is 38.1 Å². The van der Waals surface area contributed by atoms with Crippen molar-refractivity contribution in [3.63, 3.8) is 0 Å². The van der Waals surface area contributed by atoms with Crippen LogP contribution in [0.3, 0.4) is 0 Å². The van der Waals surface area contributed by atoms with E-state index < -0.39 is 12.1 Å². The first kappa shape index (κ1) is 15.7. The van der Waals surface area contributed by atoms with Gasteiger partial charge in [0.25, 0.3) is 5.89 Å². The van der Waals surface area contributed by atoms with E-state index in [0.29, 0.717) is 15.1 Å². The summed E-state index contributed by atoms with van der Waals surface area (Å²) < 4.78 is 11.4. The molecule has 0 saturated heterocycles. The van der Waals surface area contributed by atoms with Gasteiger partial charge in [-0.1, -0.05) is 29.3 Å². The zero-order valence-electron chi connectivity index (χ0n) is 12.4. The number of thiophene rings is 1. The number of hydrogen-bond acceptors (Lipinski definition) is 6.